The molecule has 0 fully saturated rings. The molecule has 0 saturated carbocycles. The summed E-state index contributed by atoms with van der Waals surface area (Å²) in [5.74, 6) is 0. The Morgan fingerprint density at radius 1 is 0.349 bits per heavy atom. The summed E-state index contributed by atoms with van der Waals surface area (Å²) >= 11 is 0. The second-order valence-corrected chi connectivity index (χ2v) is 11.3. The van der Waals surface area contributed by atoms with E-state index in [4.69, 9.17) is 0 Å². The van der Waals surface area contributed by atoms with Gasteiger partial charge in [-0.05, 0) is 49.0 Å². The molecule has 3 N–H and O–H groups in total. The normalized spacial score (nSPS) is 11.7. The quantitative estimate of drug-likeness (QED) is 0.116. The second-order valence-electron chi connectivity index (χ2n) is 11.3. The molecule has 4 heteroatoms. The molecule has 0 radical (unpaired) electrons. The largest absolute Gasteiger partial charge is 0.311 e. The molecule has 0 heterocycles. The highest BCUT2D eigenvalue weighted by atomic mass is 15.2. The Kier molecular flexibility index (Phi) is 10.1. The predicted molar refractivity (Wildman–Crippen MR) is 183 cm³/mol. The standard InChI is InChI=1S/C39H42N4/c1-4-19-37-31(10-1)13-7-16-34(37)28-40-22-25-43(26-23-41-29-35-17-8-14-32-11-2-5-20-38(32)35)27-24-42-30-36-18-9-15-33-12-3-6-21-39(33)36/h1-21,40-42H,22-30H2. The molecule has 0 aliphatic rings. The van der Waals surface area contributed by atoms with Gasteiger partial charge >= 0.3 is 0 Å². The third-order valence-corrected chi connectivity index (χ3v) is 8.40. The van der Waals surface area contributed by atoms with Crippen molar-refractivity contribution in [2.24, 2.45) is 0 Å². The van der Waals surface area contributed by atoms with E-state index in [9.17, 15) is 0 Å². The van der Waals surface area contributed by atoms with E-state index in [1.807, 2.05) is 0 Å². The summed E-state index contributed by atoms with van der Waals surface area (Å²) in [5, 5.41) is 19.1. The van der Waals surface area contributed by atoms with Gasteiger partial charge in [-0.15, -0.1) is 0 Å². The van der Waals surface area contributed by atoms with Crippen molar-refractivity contribution < 1.29 is 0 Å². The second kappa shape index (κ2) is 14.9. The van der Waals surface area contributed by atoms with Crippen LogP contribution in [0, 0.1) is 0 Å². The van der Waals surface area contributed by atoms with Crippen LogP contribution < -0.4 is 16.0 Å². The van der Waals surface area contributed by atoms with E-state index < -0.39 is 0 Å². The van der Waals surface area contributed by atoms with Gasteiger partial charge in [-0.25, -0.2) is 0 Å². The van der Waals surface area contributed by atoms with Crippen LogP contribution in [-0.4, -0.2) is 44.2 Å². The SMILES string of the molecule is c1ccc2c(CNCCN(CCNCc3cccc4ccccc34)CCNCc3cccc4ccccc34)cccc2c1. The van der Waals surface area contributed by atoms with Gasteiger partial charge in [-0.3, -0.25) is 4.90 Å². The monoisotopic (exact) mass is 566 g/mol. The van der Waals surface area contributed by atoms with Crippen LogP contribution in [-0.2, 0) is 19.6 Å². The average Bonchev–Trinajstić information content (AvgIpc) is 3.06. The highest BCUT2D eigenvalue weighted by molar-refractivity contribution is 5.87. The molecule has 0 aromatic heterocycles. The minimum Gasteiger partial charge on any atom is -0.311 e. The number of rotatable bonds is 15. The van der Waals surface area contributed by atoms with Gasteiger partial charge in [0.25, 0.3) is 0 Å². The molecular weight excluding hydrogens is 524 g/mol. The molecule has 218 valence electrons. The molecule has 0 atom stereocenters. The predicted octanol–water partition coefficient (Wildman–Crippen LogP) is 7.12. The zero-order valence-corrected chi connectivity index (χ0v) is 24.9. The van der Waals surface area contributed by atoms with Crippen molar-refractivity contribution in [1.29, 1.82) is 0 Å². The van der Waals surface area contributed by atoms with Crippen molar-refractivity contribution >= 4 is 32.3 Å². The van der Waals surface area contributed by atoms with Gasteiger partial charge in [0.15, 0.2) is 0 Å². The summed E-state index contributed by atoms with van der Waals surface area (Å²) in [7, 11) is 0. The molecule has 0 spiro atoms. The lowest BCUT2D eigenvalue weighted by atomic mass is 10.0. The number of nitrogens with one attached hydrogen (secondary N) is 3. The highest BCUT2D eigenvalue weighted by Gasteiger charge is 2.07. The molecule has 0 unspecified atom stereocenters. The van der Waals surface area contributed by atoms with Gasteiger partial charge < -0.3 is 16.0 Å². The van der Waals surface area contributed by atoms with Gasteiger partial charge in [0.05, 0.1) is 0 Å². The van der Waals surface area contributed by atoms with Crippen molar-refractivity contribution in [3.8, 4) is 0 Å². The number of nitrogens with zero attached hydrogens (tertiary/aromatic N) is 1. The molecule has 0 aliphatic heterocycles. The lowest BCUT2D eigenvalue weighted by Crippen LogP contribution is -2.40. The number of hydrogen-bond donors (Lipinski definition) is 3. The molecule has 0 bridgehead atoms. The Hall–Kier alpha value is -4.06. The summed E-state index contributed by atoms with van der Waals surface area (Å²) in [4.78, 5) is 2.57. The molecule has 6 aromatic carbocycles. The lowest BCUT2D eigenvalue weighted by molar-refractivity contribution is 0.271. The summed E-state index contributed by atoms with van der Waals surface area (Å²) in [6.45, 7) is 8.54. The molecule has 4 nitrogen and oxygen atoms in total. The smallest absolute Gasteiger partial charge is 0.0212 e. The number of benzene rings is 6. The van der Waals surface area contributed by atoms with E-state index >= 15 is 0 Å². The zero-order valence-electron chi connectivity index (χ0n) is 24.9. The van der Waals surface area contributed by atoms with Gasteiger partial charge in [0, 0.05) is 58.9 Å². The Bertz CT molecular complexity index is 1540. The maximum absolute atomic E-state index is 3.71. The summed E-state index contributed by atoms with van der Waals surface area (Å²) in [6, 6.07) is 45.7. The maximum atomic E-state index is 3.71. The molecule has 43 heavy (non-hydrogen) atoms. The molecule has 0 amide bonds. The maximum Gasteiger partial charge on any atom is 0.0212 e. The first-order valence-corrected chi connectivity index (χ1v) is 15.6. The van der Waals surface area contributed by atoms with Crippen LogP contribution in [0.3, 0.4) is 0 Å². The minimum atomic E-state index is 0.883. The number of fused-ring (bicyclic) bond motifs is 3. The summed E-state index contributed by atoms with van der Waals surface area (Å²) in [6.07, 6.45) is 0. The molecule has 6 rings (SSSR count). The van der Waals surface area contributed by atoms with Gasteiger partial charge in [-0.2, -0.15) is 0 Å². The van der Waals surface area contributed by atoms with E-state index in [1.165, 1.54) is 49.0 Å². The van der Waals surface area contributed by atoms with Crippen molar-refractivity contribution in [1.82, 2.24) is 20.9 Å². The summed E-state index contributed by atoms with van der Waals surface area (Å²) in [5.41, 5.74) is 4.08. The Labute approximate surface area is 255 Å². The zero-order chi connectivity index (χ0) is 29.1. The Morgan fingerprint density at radius 2 is 0.651 bits per heavy atom. The van der Waals surface area contributed by atoms with Crippen LogP contribution in [0.2, 0.25) is 0 Å². The Balaban J connectivity index is 1.02. The van der Waals surface area contributed by atoms with Crippen molar-refractivity contribution in [3.63, 3.8) is 0 Å². The fourth-order valence-electron chi connectivity index (χ4n) is 6.06. The van der Waals surface area contributed by atoms with Crippen LogP contribution in [0.15, 0.2) is 127 Å². The van der Waals surface area contributed by atoms with Crippen LogP contribution in [0.25, 0.3) is 32.3 Å². The molecule has 6 aromatic rings. The topological polar surface area (TPSA) is 39.3 Å². The molecular formula is C39H42N4. The van der Waals surface area contributed by atoms with E-state index in [0.717, 1.165) is 58.9 Å². The van der Waals surface area contributed by atoms with Crippen LogP contribution in [0.5, 0.6) is 0 Å². The van der Waals surface area contributed by atoms with Gasteiger partial charge in [0.2, 0.25) is 0 Å². The Morgan fingerprint density at radius 3 is 1.00 bits per heavy atom. The lowest BCUT2D eigenvalue weighted by Gasteiger charge is -2.23. The van der Waals surface area contributed by atoms with Crippen LogP contribution >= 0.6 is 0 Å². The van der Waals surface area contributed by atoms with Crippen LogP contribution in [0.4, 0.5) is 0 Å². The number of hydrogen-bond acceptors (Lipinski definition) is 4. The fraction of sp³-hybridized carbons (Fsp3) is 0.231. The first kappa shape index (κ1) is 29.0. The average molecular weight is 567 g/mol. The summed E-state index contributed by atoms with van der Waals surface area (Å²) < 4.78 is 0. The van der Waals surface area contributed by atoms with Gasteiger partial charge in [0.1, 0.15) is 0 Å². The van der Waals surface area contributed by atoms with E-state index in [2.05, 4.69) is 148 Å². The fourth-order valence-corrected chi connectivity index (χ4v) is 6.06. The first-order chi connectivity index (χ1) is 21.3. The minimum absolute atomic E-state index is 0.883. The third-order valence-electron chi connectivity index (χ3n) is 8.40. The van der Waals surface area contributed by atoms with Crippen molar-refractivity contribution in [3.05, 3.63) is 144 Å². The van der Waals surface area contributed by atoms with E-state index in [0.29, 0.717) is 0 Å². The van der Waals surface area contributed by atoms with Gasteiger partial charge in [-0.1, -0.05) is 127 Å². The van der Waals surface area contributed by atoms with Crippen LogP contribution in [0.1, 0.15) is 16.7 Å². The highest BCUT2D eigenvalue weighted by Crippen LogP contribution is 2.20. The third kappa shape index (κ3) is 7.67. The van der Waals surface area contributed by atoms with Crippen molar-refractivity contribution in [2.75, 3.05) is 39.3 Å². The van der Waals surface area contributed by atoms with E-state index in [1.54, 1.807) is 0 Å². The van der Waals surface area contributed by atoms with E-state index in [-0.39, 0.29) is 0 Å². The molecule has 0 saturated heterocycles. The molecule has 0 aliphatic carbocycles. The van der Waals surface area contributed by atoms with Crippen molar-refractivity contribution in [2.45, 2.75) is 19.6 Å². The first-order valence-electron chi connectivity index (χ1n) is 15.6.